The van der Waals surface area contributed by atoms with Gasteiger partial charge in [0.1, 0.15) is 0 Å². The fraction of sp³-hybridized carbons (Fsp3) is 0.875. The molecule has 0 spiro atoms. The molecule has 0 bridgehead atoms. The number of rotatable bonds is 4. The van der Waals surface area contributed by atoms with Gasteiger partial charge in [0.05, 0.1) is 79.3 Å². The molecular formula is C16H36B2Cl4N2O10. The summed E-state index contributed by atoms with van der Waals surface area (Å²) in [7, 11) is -1.69. The molecule has 6 N–H and O–H groups in total. The van der Waals surface area contributed by atoms with Crippen molar-refractivity contribution in [2.75, 3.05) is 79.3 Å². The average Bonchev–Trinajstić information content (AvgIpc) is 2.80. The normalized spacial score (nSPS) is 17.2. The third-order valence-corrected chi connectivity index (χ3v) is 3.99. The predicted octanol–water partition coefficient (Wildman–Crippen LogP) is -2.75. The van der Waals surface area contributed by atoms with E-state index in [1.54, 1.807) is 0 Å². The number of hydrogen-bond donors (Lipinski definition) is 2. The van der Waals surface area contributed by atoms with Gasteiger partial charge in [-0.2, -0.15) is 0 Å². The van der Waals surface area contributed by atoms with Crippen LogP contribution in [0.2, 0.25) is 0 Å². The Morgan fingerprint density at radius 2 is 0.706 bits per heavy atom. The summed E-state index contributed by atoms with van der Waals surface area (Å²) in [6.07, 6.45) is 0. The third-order valence-electron chi connectivity index (χ3n) is 3.28. The summed E-state index contributed by atoms with van der Waals surface area (Å²) >= 11 is 20.4. The van der Waals surface area contributed by atoms with Crippen LogP contribution in [0.4, 0.5) is 0 Å². The zero-order valence-corrected chi connectivity index (χ0v) is 22.7. The molecule has 1 aliphatic rings. The lowest BCUT2D eigenvalue weighted by atomic mass is 10.3. The van der Waals surface area contributed by atoms with E-state index in [0.717, 1.165) is 0 Å². The lowest BCUT2D eigenvalue weighted by Crippen LogP contribution is -2.56. The minimum Gasteiger partial charge on any atom is -0.642 e. The Bertz CT molecular complexity index is 380. The van der Waals surface area contributed by atoms with Gasteiger partial charge in [-0.3, -0.25) is 9.59 Å². The van der Waals surface area contributed by atoms with Crippen LogP contribution in [0.1, 0.15) is 0 Å². The molecule has 0 amide bonds. The van der Waals surface area contributed by atoms with Crippen molar-refractivity contribution in [3.8, 4) is 0 Å². The smallest absolute Gasteiger partial charge is 0.357 e. The van der Waals surface area contributed by atoms with E-state index in [0.29, 0.717) is 79.3 Å². The van der Waals surface area contributed by atoms with Gasteiger partial charge in [-0.15, -0.1) is 0 Å². The summed E-state index contributed by atoms with van der Waals surface area (Å²) in [5.41, 5.74) is 6.75. The SMILES string of the molecule is C1COCCOCCOCCOCCOCCO1.[NH3+][BH2-]OC(=O)C(Cl)Cl.[NH3+][BH2-]OC(=O)C(Cl)Cl. The Balaban J connectivity index is 0. The lowest BCUT2D eigenvalue weighted by molar-refractivity contribution is -0.208. The maximum Gasteiger partial charge on any atom is 0.357 e. The Hall–Kier alpha value is -0.0901. The van der Waals surface area contributed by atoms with Gasteiger partial charge in [-0.1, -0.05) is 46.4 Å². The summed E-state index contributed by atoms with van der Waals surface area (Å²) in [4.78, 5) is 18.4. The van der Waals surface area contributed by atoms with Gasteiger partial charge >= 0.3 is 15.2 Å². The molecule has 0 radical (unpaired) electrons. The molecule has 0 aromatic rings. The first-order valence-corrected chi connectivity index (χ1v) is 12.7. The summed E-state index contributed by atoms with van der Waals surface area (Å²) in [6.45, 7) is 7.04. The maximum atomic E-state index is 10.2. The van der Waals surface area contributed by atoms with Crippen LogP contribution in [-0.4, -0.2) is 116 Å². The number of hydrogen-bond acceptors (Lipinski definition) is 10. The van der Waals surface area contributed by atoms with E-state index in [2.05, 4.69) is 20.6 Å². The first kappa shape index (κ1) is 36.1. The predicted molar refractivity (Wildman–Crippen MR) is 131 cm³/mol. The monoisotopic (exact) mass is 578 g/mol. The number of carbonyl (C=O) groups is 2. The standard InChI is InChI=1S/C12H24O6.2C2H6BCl2NO2/c1-2-14-5-6-16-9-10-18-12-11-17-8-7-15-4-3-13-1;2*4-1(5)2(7)8-3-6/h1-12H2;2*1H,3H2,6H3. The summed E-state index contributed by atoms with van der Waals surface area (Å²) in [6, 6.07) is 0. The Labute approximate surface area is 220 Å². The van der Waals surface area contributed by atoms with Gasteiger partial charge in [0.2, 0.25) is 0 Å². The first-order chi connectivity index (χ1) is 16.4. The minimum absolute atomic E-state index is 0.586. The summed E-state index contributed by atoms with van der Waals surface area (Å²) < 4.78 is 40.8. The second-order valence-electron chi connectivity index (χ2n) is 5.90. The van der Waals surface area contributed by atoms with Crippen LogP contribution in [-0.2, 0) is 47.3 Å². The van der Waals surface area contributed by atoms with Gasteiger partial charge < -0.3 is 49.0 Å². The molecular weight excluding hydrogens is 544 g/mol. The fourth-order valence-corrected chi connectivity index (χ4v) is 2.14. The fourth-order valence-electron chi connectivity index (χ4n) is 1.78. The van der Waals surface area contributed by atoms with Crippen LogP contribution in [0, 0.1) is 0 Å². The van der Waals surface area contributed by atoms with E-state index in [9.17, 15) is 9.59 Å². The largest absolute Gasteiger partial charge is 0.642 e. The lowest BCUT2D eigenvalue weighted by Gasteiger charge is -2.09. The number of carbonyl (C=O) groups excluding carboxylic acids is 2. The molecule has 0 aromatic heterocycles. The van der Waals surface area contributed by atoms with Crippen molar-refractivity contribution in [1.29, 1.82) is 0 Å². The highest BCUT2D eigenvalue weighted by molar-refractivity contribution is 6.54. The zero-order valence-electron chi connectivity index (χ0n) is 19.6. The molecule has 0 aliphatic carbocycles. The van der Waals surface area contributed by atoms with Gasteiger partial charge in [0.15, 0.2) is 9.67 Å². The van der Waals surface area contributed by atoms with E-state index >= 15 is 0 Å². The summed E-state index contributed by atoms with van der Waals surface area (Å²) in [5.74, 6) is -1.19. The van der Waals surface area contributed by atoms with Crippen LogP contribution in [0.15, 0.2) is 0 Å². The highest BCUT2D eigenvalue weighted by Gasteiger charge is 2.08. The molecule has 18 heteroatoms. The summed E-state index contributed by atoms with van der Waals surface area (Å²) in [5, 5.41) is 0. The number of ether oxygens (including phenoxy) is 6. The molecule has 1 rings (SSSR count). The van der Waals surface area contributed by atoms with E-state index in [1.807, 2.05) is 0 Å². The van der Waals surface area contributed by atoms with Crippen molar-refractivity contribution < 1.29 is 58.6 Å². The number of halogens is 4. The van der Waals surface area contributed by atoms with Gasteiger partial charge in [0.25, 0.3) is 11.9 Å². The third kappa shape index (κ3) is 29.9. The second-order valence-corrected chi connectivity index (χ2v) is 8.09. The van der Waals surface area contributed by atoms with Gasteiger partial charge in [0, 0.05) is 0 Å². The van der Waals surface area contributed by atoms with Gasteiger partial charge in [-0.05, 0) is 0 Å². The van der Waals surface area contributed by atoms with Crippen LogP contribution in [0.25, 0.3) is 0 Å². The topological polar surface area (TPSA) is 163 Å². The molecule has 0 aromatic carbocycles. The molecule has 34 heavy (non-hydrogen) atoms. The molecule has 1 fully saturated rings. The zero-order chi connectivity index (χ0) is 25.9. The van der Waals surface area contributed by atoms with Crippen molar-refractivity contribution in [2.24, 2.45) is 0 Å². The van der Waals surface area contributed by atoms with E-state index in [1.165, 1.54) is 0 Å². The quantitative estimate of drug-likeness (QED) is 0.264. The Morgan fingerprint density at radius 3 is 0.794 bits per heavy atom. The van der Waals surface area contributed by atoms with Crippen molar-refractivity contribution >= 4 is 73.6 Å². The number of quaternary nitrogens is 2. The van der Waals surface area contributed by atoms with Gasteiger partial charge in [-0.25, -0.2) is 0 Å². The van der Waals surface area contributed by atoms with Crippen LogP contribution in [0.5, 0.6) is 0 Å². The van der Waals surface area contributed by atoms with Crippen LogP contribution < -0.4 is 11.3 Å². The average molecular weight is 580 g/mol. The molecule has 0 saturated carbocycles. The van der Waals surface area contributed by atoms with E-state index < -0.39 is 36.8 Å². The van der Waals surface area contributed by atoms with E-state index in [4.69, 9.17) is 74.8 Å². The molecule has 1 heterocycles. The molecule has 12 nitrogen and oxygen atoms in total. The Morgan fingerprint density at radius 1 is 0.529 bits per heavy atom. The molecule has 0 unspecified atom stereocenters. The molecule has 1 saturated heterocycles. The number of alkyl halides is 4. The van der Waals surface area contributed by atoms with Crippen LogP contribution >= 0.6 is 46.4 Å². The van der Waals surface area contributed by atoms with Crippen molar-refractivity contribution in [1.82, 2.24) is 0 Å². The second kappa shape index (κ2) is 29.1. The highest BCUT2D eigenvalue weighted by Crippen LogP contribution is 2.02. The molecule has 204 valence electrons. The van der Waals surface area contributed by atoms with E-state index in [-0.39, 0.29) is 0 Å². The van der Waals surface area contributed by atoms with Crippen molar-refractivity contribution in [2.45, 2.75) is 9.67 Å². The molecule has 1 aliphatic heterocycles. The van der Waals surface area contributed by atoms with Crippen LogP contribution in [0.3, 0.4) is 0 Å². The minimum atomic E-state index is -1.06. The first-order valence-electron chi connectivity index (χ1n) is 11.0. The van der Waals surface area contributed by atoms with Crippen molar-refractivity contribution in [3.63, 3.8) is 0 Å². The molecule has 0 atom stereocenters. The van der Waals surface area contributed by atoms with Crippen molar-refractivity contribution in [3.05, 3.63) is 0 Å². The maximum absolute atomic E-state index is 10.2. The highest BCUT2D eigenvalue weighted by atomic mass is 35.5. The Kier molecular flexibility index (Phi) is 30.9.